The molecule has 1 aliphatic rings. The maximum Gasteiger partial charge on any atom is 0.224 e. The summed E-state index contributed by atoms with van der Waals surface area (Å²) in [6, 6.07) is 13.6. The number of amides is 1. The van der Waals surface area contributed by atoms with Gasteiger partial charge in [-0.2, -0.15) is 0 Å². The lowest BCUT2D eigenvalue weighted by Crippen LogP contribution is -2.15. The molecular weight excluding hydrogens is 384 g/mol. The Labute approximate surface area is 174 Å². The molecule has 0 saturated carbocycles. The predicted molar refractivity (Wildman–Crippen MR) is 113 cm³/mol. The van der Waals surface area contributed by atoms with E-state index in [1.54, 1.807) is 6.20 Å². The average Bonchev–Trinajstić information content (AvgIpc) is 3.15. The SMILES string of the molecule is Cc1c(NC(=O)CCc2ccccc2)cnc2c1CCC2Nc1ccc(F)c(F)c1. The van der Waals surface area contributed by atoms with E-state index in [4.69, 9.17) is 0 Å². The second kappa shape index (κ2) is 8.61. The number of pyridine rings is 1. The van der Waals surface area contributed by atoms with Crippen LogP contribution in [-0.4, -0.2) is 10.9 Å². The highest BCUT2D eigenvalue weighted by molar-refractivity contribution is 5.91. The molecule has 1 aliphatic carbocycles. The van der Waals surface area contributed by atoms with Gasteiger partial charge in [-0.3, -0.25) is 9.78 Å². The summed E-state index contributed by atoms with van der Waals surface area (Å²) in [7, 11) is 0. The minimum atomic E-state index is -0.879. The third kappa shape index (κ3) is 4.32. The van der Waals surface area contributed by atoms with Crippen molar-refractivity contribution in [2.75, 3.05) is 10.6 Å². The number of carbonyl (C=O) groups is 1. The van der Waals surface area contributed by atoms with Crippen LogP contribution in [0.4, 0.5) is 20.2 Å². The van der Waals surface area contributed by atoms with E-state index in [0.717, 1.165) is 53.0 Å². The number of carbonyl (C=O) groups excluding carboxylic acids is 1. The summed E-state index contributed by atoms with van der Waals surface area (Å²) >= 11 is 0. The van der Waals surface area contributed by atoms with Gasteiger partial charge in [-0.1, -0.05) is 30.3 Å². The maximum absolute atomic E-state index is 13.5. The van der Waals surface area contributed by atoms with Crippen LogP contribution in [-0.2, 0) is 17.6 Å². The molecule has 0 aliphatic heterocycles. The van der Waals surface area contributed by atoms with Gasteiger partial charge in [0.1, 0.15) is 0 Å². The van der Waals surface area contributed by atoms with E-state index in [1.807, 2.05) is 37.3 Å². The Morgan fingerprint density at radius 1 is 1.13 bits per heavy atom. The Morgan fingerprint density at radius 3 is 2.70 bits per heavy atom. The summed E-state index contributed by atoms with van der Waals surface area (Å²) in [5.41, 5.74) is 5.35. The first-order valence-corrected chi connectivity index (χ1v) is 10.0. The molecule has 0 radical (unpaired) electrons. The minimum Gasteiger partial charge on any atom is -0.377 e. The molecule has 0 saturated heterocycles. The van der Waals surface area contributed by atoms with E-state index in [2.05, 4.69) is 15.6 Å². The Morgan fingerprint density at radius 2 is 1.93 bits per heavy atom. The highest BCUT2D eigenvalue weighted by Gasteiger charge is 2.27. The zero-order chi connectivity index (χ0) is 21.1. The molecule has 1 atom stereocenters. The predicted octanol–water partition coefficient (Wildman–Crippen LogP) is 5.34. The van der Waals surface area contributed by atoms with Crippen LogP contribution >= 0.6 is 0 Å². The molecule has 4 nitrogen and oxygen atoms in total. The van der Waals surface area contributed by atoms with Gasteiger partial charge in [0.2, 0.25) is 5.91 Å². The van der Waals surface area contributed by atoms with E-state index < -0.39 is 11.6 Å². The van der Waals surface area contributed by atoms with E-state index in [0.29, 0.717) is 18.5 Å². The number of aryl methyl sites for hydroxylation is 1. The third-order valence-corrected chi connectivity index (χ3v) is 5.53. The number of aromatic nitrogens is 1. The zero-order valence-corrected chi connectivity index (χ0v) is 16.7. The van der Waals surface area contributed by atoms with E-state index in [1.165, 1.54) is 6.07 Å². The first-order valence-electron chi connectivity index (χ1n) is 10.0. The summed E-state index contributed by atoms with van der Waals surface area (Å²) in [6.07, 6.45) is 4.38. The Balaban J connectivity index is 1.43. The van der Waals surface area contributed by atoms with Crippen LogP contribution in [0.2, 0.25) is 0 Å². The van der Waals surface area contributed by atoms with Crippen molar-refractivity contribution in [3.05, 3.63) is 88.7 Å². The van der Waals surface area contributed by atoms with Crippen LogP contribution in [0.5, 0.6) is 0 Å². The average molecular weight is 407 g/mol. The topological polar surface area (TPSA) is 54.0 Å². The van der Waals surface area contributed by atoms with Crippen molar-refractivity contribution >= 4 is 17.3 Å². The fraction of sp³-hybridized carbons (Fsp3) is 0.250. The Hall–Kier alpha value is -3.28. The molecule has 1 unspecified atom stereocenters. The van der Waals surface area contributed by atoms with Gasteiger partial charge in [-0.05, 0) is 55.0 Å². The van der Waals surface area contributed by atoms with Crippen LogP contribution in [0, 0.1) is 18.6 Å². The molecular formula is C24H23F2N3O. The molecule has 2 N–H and O–H groups in total. The van der Waals surface area contributed by atoms with E-state index >= 15 is 0 Å². The smallest absolute Gasteiger partial charge is 0.224 e. The maximum atomic E-state index is 13.5. The lowest BCUT2D eigenvalue weighted by atomic mass is 10.1. The van der Waals surface area contributed by atoms with Crippen molar-refractivity contribution in [1.29, 1.82) is 0 Å². The molecule has 1 amide bonds. The van der Waals surface area contributed by atoms with Gasteiger partial charge in [-0.15, -0.1) is 0 Å². The Kier molecular flexibility index (Phi) is 5.74. The number of benzene rings is 2. The van der Waals surface area contributed by atoms with Crippen molar-refractivity contribution in [1.82, 2.24) is 4.98 Å². The van der Waals surface area contributed by atoms with Gasteiger partial charge in [0.15, 0.2) is 11.6 Å². The standard InChI is InChI=1S/C24H23F2N3O/c1-15-18-9-11-21(28-17-8-10-19(25)20(26)13-17)24(18)27-14-22(15)29-23(30)12-7-16-5-3-2-4-6-16/h2-6,8,10,13-14,21,28H,7,9,11-12H2,1H3,(H,29,30). The summed E-state index contributed by atoms with van der Waals surface area (Å²) in [4.78, 5) is 16.9. The van der Waals surface area contributed by atoms with Gasteiger partial charge < -0.3 is 10.6 Å². The third-order valence-electron chi connectivity index (χ3n) is 5.53. The molecule has 3 aromatic rings. The highest BCUT2D eigenvalue weighted by Crippen LogP contribution is 2.36. The molecule has 1 aromatic heterocycles. The molecule has 4 rings (SSSR count). The number of nitrogens with zero attached hydrogens (tertiary/aromatic N) is 1. The van der Waals surface area contributed by atoms with E-state index in [-0.39, 0.29) is 11.9 Å². The number of hydrogen-bond acceptors (Lipinski definition) is 3. The number of nitrogens with one attached hydrogen (secondary N) is 2. The van der Waals surface area contributed by atoms with E-state index in [9.17, 15) is 13.6 Å². The summed E-state index contributed by atoms with van der Waals surface area (Å²) in [6.45, 7) is 1.98. The minimum absolute atomic E-state index is 0.0434. The van der Waals surface area contributed by atoms with Crippen molar-refractivity contribution in [3.8, 4) is 0 Å². The van der Waals surface area contributed by atoms with Gasteiger partial charge >= 0.3 is 0 Å². The number of anilines is 2. The largest absolute Gasteiger partial charge is 0.377 e. The molecule has 6 heteroatoms. The monoisotopic (exact) mass is 407 g/mol. The molecule has 2 aromatic carbocycles. The van der Waals surface area contributed by atoms with Crippen LogP contribution in [0.15, 0.2) is 54.7 Å². The highest BCUT2D eigenvalue weighted by atomic mass is 19.2. The first kappa shape index (κ1) is 20.0. The summed E-state index contributed by atoms with van der Waals surface area (Å²) in [5.74, 6) is -1.79. The van der Waals surface area contributed by atoms with Gasteiger partial charge in [0.25, 0.3) is 0 Å². The summed E-state index contributed by atoms with van der Waals surface area (Å²) in [5, 5.41) is 6.21. The molecule has 1 heterocycles. The number of fused-ring (bicyclic) bond motifs is 1. The Bertz CT molecular complexity index is 1070. The molecule has 30 heavy (non-hydrogen) atoms. The number of hydrogen-bond donors (Lipinski definition) is 2. The second-order valence-corrected chi connectivity index (χ2v) is 7.56. The number of rotatable bonds is 6. The van der Waals surface area contributed by atoms with Crippen LogP contribution in [0.3, 0.4) is 0 Å². The molecule has 0 fully saturated rings. The first-order chi connectivity index (χ1) is 14.5. The van der Waals surface area contributed by atoms with Gasteiger partial charge in [-0.25, -0.2) is 8.78 Å². The fourth-order valence-electron chi connectivity index (χ4n) is 3.87. The number of halogens is 2. The molecule has 0 spiro atoms. The quantitative estimate of drug-likeness (QED) is 0.580. The normalized spacial score (nSPS) is 15.0. The lowest BCUT2D eigenvalue weighted by molar-refractivity contribution is -0.116. The summed E-state index contributed by atoms with van der Waals surface area (Å²) < 4.78 is 26.6. The molecule has 154 valence electrons. The zero-order valence-electron chi connectivity index (χ0n) is 16.7. The van der Waals surface area contributed by atoms with Crippen molar-refractivity contribution in [2.45, 2.75) is 38.6 Å². The van der Waals surface area contributed by atoms with Crippen molar-refractivity contribution in [2.24, 2.45) is 0 Å². The van der Waals surface area contributed by atoms with Gasteiger partial charge in [0, 0.05) is 18.2 Å². The van der Waals surface area contributed by atoms with Crippen LogP contribution in [0.25, 0.3) is 0 Å². The van der Waals surface area contributed by atoms with Crippen LogP contribution < -0.4 is 10.6 Å². The fourth-order valence-corrected chi connectivity index (χ4v) is 3.87. The van der Waals surface area contributed by atoms with Crippen molar-refractivity contribution in [3.63, 3.8) is 0 Å². The van der Waals surface area contributed by atoms with Crippen LogP contribution in [0.1, 0.15) is 41.3 Å². The van der Waals surface area contributed by atoms with Crippen molar-refractivity contribution < 1.29 is 13.6 Å². The lowest BCUT2D eigenvalue weighted by Gasteiger charge is -2.16. The van der Waals surface area contributed by atoms with Gasteiger partial charge in [0.05, 0.1) is 23.6 Å². The second-order valence-electron chi connectivity index (χ2n) is 7.56. The molecule has 0 bridgehead atoms.